The normalized spacial score (nSPS) is 21.4. The molecule has 0 aromatic rings. The largest absolute Gasteiger partial charge is 0.480 e. The summed E-state index contributed by atoms with van der Waals surface area (Å²) in [5.74, 6) is -0.927. The monoisotopic (exact) mass is 300 g/mol. The number of carboxylic acid groups (broad SMARTS) is 1. The molecule has 1 heterocycles. The highest BCUT2D eigenvalue weighted by molar-refractivity contribution is 5.83. The van der Waals surface area contributed by atoms with Gasteiger partial charge in [0.05, 0.1) is 6.61 Å². The second-order valence-electron chi connectivity index (χ2n) is 6.59. The summed E-state index contributed by atoms with van der Waals surface area (Å²) >= 11 is 0. The molecule has 1 rings (SSSR count). The van der Waals surface area contributed by atoms with Crippen LogP contribution < -0.4 is 0 Å². The first-order valence-electron chi connectivity index (χ1n) is 7.51. The van der Waals surface area contributed by atoms with Gasteiger partial charge in [-0.05, 0) is 32.1 Å². The van der Waals surface area contributed by atoms with Gasteiger partial charge in [-0.2, -0.15) is 0 Å². The molecular formula is C15H28N2O4. The van der Waals surface area contributed by atoms with E-state index in [0.717, 1.165) is 12.8 Å². The Bertz CT molecular complexity index is 382. The predicted molar refractivity (Wildman–Crippen MR) is 80.3 cm³/mol. The van der Waals surface area contributed by atoms with Crippen molar-refractivity contribution < 1.29 is 19.4 Å². The van der Waals surface area contributed by atoms with Crippen LogP contribution >= 0.6 is 0 Å². The molecule has 1 aliphatic heterocycles. The van der Waals surface area contributed by atoms with Crippen LogP contribution in [-0.4, -0.2) is 65.8 Å². The number of urea groups is 1. The van der Waals surface area contributed by atoms with Crippen molar-refractivity contribution in [2.24, 2.45) is 5.41 Å². The molecule has 0 saturated carbocycles. The Labute approximate surface area is 127 Å². The number of carbonyl (C=O) groups is 2. The third-order valence-electron chi connectivity index (χ3n) is 4.16. The topological polar surface area (TPSA) is 70.1 Å². The summed E-state index contributed by atoms with van der Waals surface area (Å²) in [4.78, 5) is 27.6. The summed E-state index contributed by atoms with van der Waals surface area (Å²) in [7, 11) is 1.59. The number of carboxylic acids is 1. The lowest BCUT2D eigenvalue weighted by molar-refractivity contribution is -0.148. The van der Waals surface area contributed by atoms with Crippen LogP contribution in [0.2, 0.25) is 0 Å². The molecule has 0 aromatic heterocycles. The summed E-state index contributed by atoms with van der Waals surface area (Å²) in [5, 5.41) is 9.55. The van der Waals surface area contributed by atoms with Crippen LogP contribution in [0, 0.1) is 5.41 Å². The van der Waals surface area contributed by atoms with Crippen molar-refractivity contribution in [3.8, 4) is 0 Å². The molecule has 1 unspecified atom stereocenters. The molecular weight excluding hydrogens is 272 g/mol. The van der Waals surface area contributed by atoms with Crippen molar-refractivity contribution in [3.05, 3.63) is 0 Å². The third-order valence-corrected chi connectivity index (χ3v) is 4.16. The van der Waals surface area contributed by atoms with Gasteiger partial charge in [-0.1, -0.05) is 13.8 Å². The number of ether oxygens (including phenoxy) is 1. The van der Waals surface area contributed by atoms with Crippen LogP contribution in [0.25, 0.3) is 0 Å². The molecule has 1 N–H and O–H groups in total. The number of amides is 2. The molecule has 21 heavy (non-hydrogen) atoms. The highest BCUT2D eigenvalue weighted by Crippen LogP contribution is 2.36. The summed E-state index contributed by atoms with van der Waals surface area (Å²) in [6, 6.07) is -0.975. The zero-order valence-corrected chi connectivity index (χ0v) is 13.8. The summed E-state index contributed by atoms with van der Waals surface area (Å²) < 4.78 is 5.05. The van der Waals surface area contributed by atoms with E-state index < -0.39 is 17.4 Å². The Morgan fingerprint density at radius 2 is 2.05 bits per heavy atom. The van der Waals surface area contributed by atoms with Gasteiger partial charge in [-0.15, -0.1) is 0 Å². The van der Waals surface area contributed by atoms with Gasteiger partial charge in [-0.25, -0.2) is 9.59 Å². The number of hydrogen-bond acceptors (Lipinski definition) is 3. The number of rotatable bonds is 5. The fourth-order valence-electron chi connectivity index (χ4n) is 3.00. The molecule has 6 heteroatoms. The Morgan fingerprint density at radius 3 is 2.52 bits per heavy atom. The Kier molecular flexibility index (Phi) is 6.01. The van der Waals surface area contributed by atoms with Crippen LogP contribution in [0.5, 0.6) is 0 Å². The Morgan fingerprint density at radius 1 is 1.43 bits per heavy atom. The van der Waals surface area contributed by atoms with Crippen molar-refractivity contribution in [1.29, 1.82) is 0 Å². The van der Waals surface area contributed by atoms with Crippen LogP contribution in [0.15, 0.2) is 0 Å². The highest BCUT2D eigenvalue weighted by atomic mass is 16.5. The zero-order valence-electron chi connectivity index (χ0n) is 13.8. The molecule has 1 saturated heterocycles. The van der Waals surface area contributed by atoms with Gasteiger partial charge in [0.2, 0.25) is 0 Å². The molecule has 2 amide bonds. The van der Waals surface area contributed by atoms with E-state index in [2.05, 4.69) is 0 Å². The highest BCUT2D eigenvalue weighted by Gasteiger charge is 2.45. The van der Waals surface area contributed by atoms with Gasteiger partial charge >= 0.3 is 12.0 Å². The van der Waals surface area contributed by atoms with E-state index in [1.807, 2.05) is 27.7 Å². The molecule has 1 atom stereocenters. The first-order chi connectivity index (χ1) is 9.72. The number of hydrogen-bond donors (Lipinski definition) is 1. The van der Waals surface area contributed by atoms with E-state index in [4.69, 9.17) is 4.74 Å². The summed E-state index contributed by atoms with van der Waals surface area (Å²) in [5.41, 5.74) is -0.413. The molecule has 0 aliphatic carbocycles. The molecule has 6 nitrogen and oxygen atoms in total. The number of methoxy groups -OCH3 is 1. The van der Waals surface area contributed by atoms with E-state index in [0.29, 0.717) is 19.7 Å². The molecule has 0 aromatic carbocycles. The predicted octanol–water partition coefficient (Wildman–Crippen LogP) is 2.04. The van der Waals surface area contributed by atoms with Crippen molar-refractivity contribution in [1.82, 2.24) is 9.80 Å². The Balaban J connectivity index is 2.98. The molecule has 1 aliphatic rings. The van der Waals surface area contributed by atoms with E-state index in [1.165, 1.54) is 4.90 Å². The Hall–Kier alpha value is -1.30. The summed E-state index contributed by atoms with van der Waals surface area (Å²) in [6.45, 7) is 9.10. The maximum Gasteiger partial charge on any atom is 0.327 e. The quantitative estimate of drug-likeness (QED) is 0.843. The summed E-state index contributed by atoms with van der Waals surface area (Å²) in [6.07, 6.45) is 1.65. The first kappa shape index (κ1) is 17.8. The molecule has 0 bridgehead atoms. The van der Waals surface area contributed by atoms with E-state index in [1.54, 1.807) is 12.0 Å². The third kappa shape index (κ3) is 4.09. The number of likely N-dealkylation sites (tertiary alicyclic amines) is 1. The van der Waals surface area contributed by atoms with Gasteiger partial charge in [0.25, 0.3) is 0 Å². The van der Waals surface area contributed by atoms with Gasteiger partial charge in [0.15, 0.2) is 0 Å². The minimum absolute atomic E-state index is 0.00661. The lowest BCUT2D eigenvalue weighted by atomic mass is 9.76. The van der Waals surface area contributed by atoms with E-state index in [9.17, 15) is 14.7 Å². The smallest absolute Gasteiger partial charge is 0.327 e. The van der Waals surface area contributed by atoms with Crippen LogP contribution in [0.4, 0.5) is 4.79 Å². The van der Waals surface area contributed by atoms with Crippen LogP contribution in [-0.2, 0) is 9.53 Å². The van der Waals surface area contributed by atoms with Gasteiger partial charge in [0, 0.05) is 26.2 Å². The zero-order chi connectivity index (χ0) is 16.2. The molecule has 0 spiro atoms. The maximum absolute atomic E-state index is 12.8. The second-order valence-corrected chi connectivity index (χ2v) is 6.59. The van der Waals surface area contributed by atoms with E-state index in [-0.39, 0.29) is 12.1 Å². The minimum atomic E-state index is -0.927. The lowest BCUT2D eigenvalue weighted by Gasteiger charge is -2.46. The number of piperidine rings is 1. The van der Waals surface area contributed by atoms with E-state index >= 15 is 0 Å². The molecule has 0 radical (unpaired) electrons. The first-order valence-corrected chi connectivity index (χ1v) is 7.51. The standard InChI is InChI=1S/C15H28N2O4/c1-11(2)16(9-10-21-5)14(20)17-8-6-7-15(3,4)12(17)13(18)19/h11-12H,6-10H2,1-5H3,(H,18,19). The molecule has 1 fully saturated rings. The van der Waals surface area contributed by atoms with Crippen molar-refractivity contribution >= 4 is 12.0 Å². The number of nitrogens with zero attached hydrogens (tertiary/aromatic N) is 2. The van der Waals surface area contributed by atoms with Crippen molar-refractivity contribution in [2.45, 2.75) is 52.6 Å². The van der Waals surface area contributed by atoms with Crippen molar-refractivity contribution in [2.75, 3.05) is 26.8 Å². The fraction of sp³-hybridized carbons (Fsp3) is 0.867. The van der Waals surface area contributed by atoms with Gasteiger partial charge in [0.1, 0.15) is 6.04 Å². The average molecular weight is 300 g/mol. The van der Waals surface area contributed by atoms with Crippen LogP contribution in [0.1, 0.15) is 40.5 Å². The average Bonchev–Trinajstić information content (AvgIpc) is 2.36. The fourth-order valence-corrected chi connectivity index (χ4v) is 3.00. The number of aliphatic carboxylic acids is 1. The SMILES string of the molecule is COCCN(C(=O)N1CCCC(C)(C)C1C(=O)O)C(C)C. The van der Waals surface area contributed by atoms with Gasteiger partial charge < -0.3 is 19.6 Å². The number of carbonyl (C=O) groups excluding carboxylic acids is 1. The van der Waals surface area contributed by atoms with Crippen molar-refractivity contribution in [3.63, 3.8) is 0 Å². The van der Waals surface area contributed by atoms with Crippen LogP contribution in [0.3, 0.4) is 0 Å². The lowest BCUT2D eigenvalue weighted by Crippen LogP contribution is -2.60. The second kappa shape index (κ2) is 7.11. The van der Waals surface area contributed by atoms with Gasteiger partial charge in [-0.3, -0.25) is 0 Å². The molecule has 122 valence electrons. The maximum atomic E-state index is 12.8. The minimum Gasteiger partial charge on any atom is -0.480 e.